The molecule has 0 aliphatic heterocycles. The minimum atomic E-state index is 0.0726. The molecule has 1 aromatic carbocycles. The van der Waals surface area contributed by atoms with E-state index in [2.05, 4.69) is 4.98 Å². The van der Waals surface area contributed by atoms with Crippen LogP contribution in [0.4, 0.5) is 0 Å². The minimum Gasteiger partial charge on any atom is -0.327 e. The lowest BCUT2D eigenvalue weighted by molar-refractivity contribution is 0.654. The first-order valence-electron chi connectivity index (χ1n) is 5.64. The average Bonchev–Trinajstić information content (AvgIpc) is 2.30. The Labute approximate surface area is 106 Å². The summed E-state index contributed by atoms with van der Waals surface area (Å²) in [6.45, 7) is 0. The molecule has 0 saturated carbocycles. The number of pyridine rings is 1. The first-order chi connectivity index (χ1) is 8.24. The Morgan fingerprint density at radius 2 is 2.00 bits per heavy atom. The monoisotopic (exact) mass is 246 g/mol. The molecule has 1 aromatic heterocycles. The molecule has 0 saturated heterocycles. The van der Waals surface area contributed by atoms with Crippen LogP contribution in [0.25, 0.3) is 0 Å². The smallest absolute Gasteiger partial charge is 0.0419 e. The Balaban J connectivity index is 1.96. The highest BCUT2D eigenvalue weighted by atomic mass is 35.5. The number of rotatable bonds is 4. The molecule has 3 heteroatoms. The molecule has 0 bridgehead atoms. The van der Waals surface area contributed by atoms with Gasteiger partial charge in [-0.1, -0.05) is 29.8 Å². The van der Waals surface area contributed by atoms with Gasteiger partial charge in [-0.3, -0.25) is 4.98 Å². The predicted octanol–water partition coefficient (Wildman–Crippen LogP) is 2.85. The van der Waals surface area contributed by atoms with Gasteiger partial charge in [-0.15, -0.1) is 0 Å². The quantitative estimate of drug-likeness (QED) is 0.901. The van der Waals surface area contributed by atoms with E-state index in [0.29, 0.717) is 0 Å². The number of nitrogens with two attached hydrogens (primary N) is 1. The van der Waals surface area contributed by atoms with Gasteiger partial charge in [0.25, 0.3) is 0 Å². The van der Waals surface area contributed by atoms with Gasteiger partial charge in [0, 0.05) is 29.4 Å². The molecule has 2 nitrogen and oxygen atoms in total. The number of nitrogens with zero attached hydrogens (tertiary/aromatic N) is 1. The maximum Gasteiger partial charge on any atom is 0.0419 e. The molecule has 1 atom stereocenters. The molecule has 0 fully saturated rings. The SMILES string of the molecule is NC(Cc1cccc(Cl)c1)Cc1ccccn1. The zero-order chi connectivity index (χ0) is 12.1. The number of aromatic nitrogens is 1. The van der Waals surface area contributed by atoms with Crippen LogP contribution in [0.1, 0.15) is 11.3 Å². The first-order valence-corrected chi connectivity index (χ1v) is 6.02. The zero-order valence-corrected chi connectivity index (χ0v) is 10.3. The normalized spacial score (nSPS) is 12.4. The Kier molecular flexibility index (Phi) is 4.13. The third-order valence-corrected chi connectivity index (χ3v) is 2.82. The maximum atomic E-state index is 6.10. The van der Waals surface area contributed by atoms with Crippen LogP contribution >= 0.6 is 11.6 Å². The third-order valence-electron chi connectivity index (χ3n) is 2.58. The number of benzene rings is 1. The number of hydrogen-bond donors (Lipinski definition) is 1. The molecular weight excluding hydrogens is 232 g/mol. The van der Waals surface area contributed by atoms with Crippen LogP contribution in [0, 0.1) is 0 Å². The van der Waals surface area contributed by atoms with Crippen molar-refractivity contribution in [2.45, 2.75) is 18.9 Å². The van der Waals surface area contributed by atoms with Crippen LogP contribution in [0.2, 0.25) is 5.02 Å². The number of hydrogen-bond acceptors (Lipinski definition) is 2. The largest absolute Gasteiger partial charge is 0.327 e. The van der Waals surface area contributed by atoms with Crippen LogP contribution in [-0.4, -0.2) is 11.0 Å². The van der Waals surface area contributed by atoms with Gasteiger partial charge in [0.05, 0.1) is 0 Å². The summed E-state index contributed by atoms with van der Waals surface area (Å²) in [5.41, 5.74) is 8.30. The second-order valence-corrected chi connectivity index (χ2v) is 4.56. The van der Waals surface area contributed by atoms with E-state index in [1.165, 1.54) is 5.56 Å². The van der Waals surface area contributed by atoms with E-state index in [1.807, 2.05) is 42.5 Å². The lowest BCUT2D eigenvalue weighted by Gasteiger charge is -2.11. The van der Waals surface area contributed by atoms with Crippen molar-refractivity contribution >= 4 is 11.6 Å². The third kappa shape index (κ3) is 3.84. The van der Waals surface area contributed by atoms with Gasteiger partial charge in [-0.05, 0) is 36.2 Å². The van der Waals surface area contributed by atoms with Crippen LogP contribution in [0.15, 0.2) is 48.7 Å². The van der Waals surface area contributed by atoms with Crippen LogP contribution in [-0.2, 0) is 12.8 Å². The molecule has 2 aromatic rings. The van der Waals surface area contributed by atoms with Crippen molar-refractivity contribution in [1.29, 1.82) is 0 Å². The molecule has 17 heavy (non-hydrogen) atoms. The van der Waals surface area contributed by atoms with E-state index in [-0.39, 0.29) is 6.04 Å². The minimum absolute atomic E-state index is 0.0726. The second-order valence-electron chi connectivity index (χ2n) is 4.12. The van der Waals surface area contributed by atoms with Crippen molar-refractivity contribution in [2.24, 2.45) is 5.73 Å². The van der Waals surface area contributed by atoms with Gasteiger partial charge >= 0.3 is 0 Å². The molecule has 1 heterocycles. The first kappa shape index (κ1) is 12.1. The van der Waals surface area contributed by atoms with Crippen LogP contribution in [0.3, 0.4) is 0 Å². The van der Waals surface area contributed by atoms with Gasteiger partial charge in [0.1, 0.15) is 0 Å². The van der Waals surface area contributed by atoms with Crippen LogP contribution < -0.4 is 5.73 Å². The van der Waals surface area contributed by atoms with Crippen molar-refractivity contribution < 1.29 is 0 Å². The van der Waals surface area contributed by atoms with Gasteiger partial charge in [-0.2, -0.15) is 0 Å². The van der Waals surface area contributed by atoms with E-state index < -0.39 is 0 Å². The fraction of sp³-hybridized carbons (Fsp3) is 0.214. The zero-order valence-electron chi connectivity index (χ0n) is 9.51. The lowest BCUT2D eigenvalue weighted by Crippen LogP contribution is -2.25. The summed E-state index contributed by atoms with van der Waals surface area (Å²) in [4.78, 5) is 4.27. The van der Waals surface area contributed by atoms with E-state index in [9.17, 15) is 0 Å². The highest BCUT2D eigenvalue weighted by Crippen LogP contribution is 2.12. The summed E-state index contributed by atoms with van der Waals surface area (Å²) < 4.78 is 0. The summed E-state index contributed by atoms with van der Waals surface area (Å²) in [5.74, 6) is 0. The molecule has 88 valence electrons. The molecule has 1 unspecified atom stereocenters. The van der Waals surface area contributed by atoms with Gasteiger partial charge in [-0.25, -0.2) is 0 Å². The van der Waals surface area contributed by atoms with E-state index in [4.69, 9.17) is 17.3 Å². The molecule has 0 aliphatic rings. The van der Waals surface area contributed by atoms with E-state index in [0.717, 1.165) is 23.6 Å². The Hall–Kier alpha value is -1.38. The molecule has 2 N–H and O–H groups in total. The van der Waals surface area contributed by atoms with Crippen molar-refractivity contribution in [2.75, 3.05) is 0 Å². The van der Waals surface area contributed by atoms with Gasteiger partial charge in [0.15, 0.2) is 0 Å². The summed E-state index contributed by atoms with van der Waals surface area (Å²) >= 11 is 5.94. The fourth-order valence-corrected chi connectivity index (χ4v) is 2.04. The predicted molar refractivity (Wildman–Crippen MR) is 71.1 cm³/mol. The Morgan fingerprint density at radius 1 is 1.12 bits per heavy atom. The molecule has 0 aliphatic carbocycles. The molecule has 0 spiro atoms. The number of halogens is 1. The molecule has 0 amide bonds. The van der Waals surface area contributed by atoms with Crippen molar-refractivity contribution in [3.8, 4) is 0 Å². The fourth-order valence-electron chi connectivity index (χ4n) is 1.83. The average molecular weight is 247 g/mol. The van der Waals surface area contributed by atoms with Gasteiger partial charge in [0.2, 0.25) is 0 Å². The van der Waals surface area contributed by atoms with Crippen molar-refractivity contribution in [3.05, 3.63) is 64.9 Å². The lowest BCUT2D eigenvalue weighted by atomic mass is 10.0. The highest BCUT2D eigenvalue weighted by molar-refractivity contribution is 6.30. The Morgan fingerprint density at radius 3 is 2.71 bits per heavy atom. The van der Waals surface area contributed by atoms with Gasteiger partial charge < -0.3 is 5.73 Å². The van der Waals surface area contributed by atoms with E-state index in [1.54, 1.807) is 6.20 Å². The topological polar surface area (TPSA) is 38.9 Å². The molecule has 0 radical (unpaired) electrons. The maximum absolute atomic E-state index is 6.10. The summed E-state index contributed by atoms with van der Waals surface area (Å²) in [5, 5.41) is 0.757. The summed E-state index contributed by atoms with van der Waals surface area (Å²) in [6.07, 6.45) is 3.39. The van der Waals surface area contributed by atoms with E-state index >= 15 is 0 Å². The highest BCUT2D eigenvalue weighted by Gasteiger charge is 2.06. The molecular formula is C14H15ClN2. The summed E-state index contributed by atoms with van der Waals surface area (Å²) in [6, 6.07) is 13.8. The van der Waals surface area contributed by atoms with Crippen LogP contribution in [0.5, 0.6) is 0 Å². The van der Waals surface area contributed by atoms with Crippen molar-refractivity contribution in [3.63, 3.8) is 0 Å². The van der Waals surface area contributed by atoms with Crippen molar-refractivity contribution in [1.82, 2.24) is 4.98 Å². The standard InChI is InChI=1S/C14H15ClN2/c15-12-5-3-4-11(8-12)9-13(16)10-14-6-1-2-7-17-14/h1-8,13H,9-10,16H2. The second kappa shape index (κ2) is 5.80. The summed E-state index contributed by atoms with van der Waals surface area (Å²) in [7, 11) is 0. The molecule has 2 rings (SSSR count). The Bertz CT molecular complexity index is 471.